The van der Waals surface area contributed by atoms with Gasteiger partial charge in [-0.1, -0.05) is 22.0 Å². The molecule has 1 unspecified atom stereocenters. The van der Waals surface area contributed by atoms with Crippen LogP contribution in [0.5, 0.6) is 0 Å². The van der Waals surface area contributed by atoms with Crippen LogP contribution >= 0.6 is 38.5 Å². The molecule has 0 spiro atoms. The van der Waals surface area contributed by atoms with Crippen molar-refractivity contribution in [1.29, 1.82) is 0 Å². The second-order valence-corrected chi connectivity index (χ2v) is 5.86. The molecule has 0 aliphatic rings. The van der Waals surface area contributed by atoms with Crippen molar-refractivity contribution in [2.75, 3.05) is 0 Å². The molecule has 0 aromatic heterocycles. The topological polar surface area (TPSA) is 26.0 Å². The first kappa shape index (κ1) is 13.9. The molecular formula is C13H9BrF2IN. The van der Waals surface area contributed by atoms with E-state index in [0.717, 1.165) is 8.04 Å². The fraction of sp³-hybridized carbons (Fsp3) is 0.0769. The summed E-state index contributed by atoms with van der Waals surface area (Å²) < 4.78 is 29.1. The first-order valence-corrected chi connectivity index (χ1v) is 7.02. The van der Waals surface area contributed by atoms with Gasteiger partial charge < -0.3 is 5.73 Å². The summed E-state index contributed by atoms with van der Waals surface area (Å²) in [6, 6.07) is 8.40. The Morgan fingerprint density at radius 2 is 1.72 bits per heavy atom. The first-order valence-electron chi connectivity index (χ1n) is 5.15. The van der Waals surface area contributed by atoms with Crippen LogP contribution in [0.15, 0.2) is 40.9 Å². The summed E-state index contributed by atoms with van der Waals surface area (Å²) >= 11 is 5.42. The highest BCUT2D eigenvalue weighted by molar-refractivity contribution is 14.1. The van der Waals surface area contributed by atoms with Crippen LogP contribution < -0.4 is 5.73 Å². The molecular weight excluding hydrogens is 415 g/mol. The summed E-state index contributed by atoms with van der Waals surface area (Å²) in [5.41, 5.74) is 6.57. The first-order chi connectivity index (χ1) is 8.50. The van der Waals surface area contributed by atoms with Gasteiger partial charge in [0.25, 0.3) is 0 Å². The molecule has 0 saturated heterocycles. The third kappa shape index (κ3) is 2.73. The molecule has 94 valence electrons. The zero-order chi connectivity index (χ0) is 13.3. The lowest BCUT2D eigenvalue weighted by Crippen LogP contribution is -2.16. The summed E-state index contributed by atoms with van der Waals surface area (Å²) in [7, 11) is 0. The number of hydrogen-bond donors (Lipinski definition) is 1. The van der Waals surface area contributed by atoms with E-state index in [0.29, 0.717) is 5.56 Å². The van der Waals surface area contributed by atoms with Crippen LogP contribution in [-0.4, -0.2) is 0 Å². The predicted molar refractivity (Wildman–Crippen MR) is 79.2 cm³/mol. The smallest absolute Gasteiger partial charge is 0.131 e. The molecule has 0 bridgehead atoms. The van der Waals surface area contributed by atoms with E-state index >= 15 is 0 Å². The highest BCUT2D eigenvalue weighted by atomic mass is 127. The lowest BCUT2D eigenvalue weighted by Gasteiger charge is -2.16. The van der Waals surface area contributed by atoms with Crippen molar-refractivity contribution in [3.63, 3.8) is 0 Å². The molecule has 0 radical (unpaired) electrons. The average Bonchev–Trinajstić information content (AvgIpc) is 2.32. The second kappa shape index (κ2) is 5.63. The Labute approximate surface area is 126 Å². The van der Waals surface area contributed by atoms with Crippen LogP contribution in [0.2, 0.25) is 0 Å². The van der Waals surface area contributed by atoms with E-state index in [9.17, 15) is 8.78 Å². The number of hydrogen-bond acceptors (Lipinski definition) is 1. The van der Waals surface area contributed by atoms with E-state index in [1.165, 1.54) is 18.2 Å². The molecule has 2 aromatic carbocycles. The van der Waals surface area contributed by atoms with Gasteiger partial charge in [-0.25, -0.2) is 8.78 Å². The summed E-state index contributed by atoms with van der Waals surface area (Å²) in [5.74, 6) is -1.25. The Morgan fingerprint density at radius 1 is 1.11 bits per heavy atom. The van der Waals surface area contributed by atoms with Gasteiger partial charge in [0.05, 0.1) is 6.04 Å². The van der Waals surface area contributed by atoms with Gasteiger partial charge in [-0.05, 0) is 58.5 Å². The molecule has 0 aliphatic heterocycles. The largest absolute Gasteiger partial charge is 0.320 e. The van der Waals surface area contributed by atoms with Crippen molar-refractivity contribution in [2.24, 2.45) is 5.73 Å². The van der Waals surface area contributed by atoms with E-state index in [2.05, 4.69) is 38.5 Å². The fourth-order valence-electron chi connectivity index (χ4n) is 1.72. The van der Waals surface area contributed by atoms with Gasteiger partial charge >= 0.3 is 0 Å². The third-order valence-corrected chi connectivity index (χ3v) is 4.08. The van der Waals surface area contributed by atoms with Crippen LogP contribution in [0, 0.1) is 15.2 Å². The molecule has 5 heteroatoms. The van der Waals surface area contributed by atoms with Crippen LogP contribution in [0.3, 0.4) is 0 Å². The van der Waals surface area contributed by atoms with E-state index in [4.69, 9.17) is 5.73 Å². The minimum atomic E-state index is -0.824. The van der Waals surface area contributed by atoms with Crippen molar-refractivity contribution in [3.8, 4) is 0 Å². The second-order valence-electron chi connectivity index (χ2n) is 3.78. The van der Waals surface area contributed by atoms with Gasteiger partial charge in [0, 0.05) is 13.6 Å². The van der Waals surface area contributed by atoms with E-state index in [1.54, 1.807) is 6.07 Å². The van der Waals surface area contributed by atoms with Crippen molar-refractivity contribution in [2.45, 2.75) is 6.04 Å². The molecule has 18 heavy (non-hydrogen) atoms. The molecule has 1 nitrogen and oxygen atoms in total. The number of nitrogens with two attached hydrogens (primary N) is 1. The van der Waals surface area contributed by atoms with Crippen molar-refractivity contribution in [1.82, 2.24) is 0 Å². The average molecular weight is 424 g/mol. The van der Waals surface area contributed by atoms with Crippen LogP contribution in [-0.2, 0) is 0 Å². The Hall–Kier alpha value is -0.530. The van der Waals surface area contributed by atoms with Crippen molar-refractivity contribution < 1.29 is 8.78 Å². The third-order valence-electron chi connectivity index (χ3n) is 2.60. The number of benzene rings is 2. The molecule has 2 N–H and O–H groups in total. The Bertz CT molecular complexity index is 569. The van der Waals surface area contributed by atoms with E-state index in [-0.39, 0.29) is 5.56 Å². The van der Waals surface area contributed by atoms with E-state index in [1.807, 2.05) is 12.1 Å². The Morgan fingerprint density at radius 3 is 2.33 bits per heavy atom. The summed E-state index contributed by atoms with van der Waals surface area (Å²) in [6.07, 6.45) is 0. The monoisotopic (exact) mass is 423 g/mol. The number of halogens is 4. The highest BCUT2D eigenvalue weighted by Crippen LogP contribution is 2.29. The normalized spacial score (nSPS) is 12.5. The van der Waals surface area contributed by atoms with Gasteiger partial charge in [0.15, 0.2) is 0 Å². The van der Waals surface area contributed by atoms with Crippen LogP contribution in [0.25, 0.3) is 0 Å². The van der Waals surface area contributed by atoms with Gasteiger partial charge in [-0.15, -0.1) is 0 Å². The van der Waals surface area contributed by atoms with Gasteiger partial charge in [0.1, 0.15) is 11.6 Å². The number of rotatable bonds is 2. The van der Waals surface area contributed by atoms with Gasteiger partial charge in [-0.2, -0.15) is 0 Å². The molecule has 0 aliphatic carbocycles. The maximum absolute atomic E-state index is 13.7. The maximum Gasteiger partial charge on any atom is 0.131 e. The summed E-state index contributed by atoms with van der Waals surface area (Å²) in [4.78, 5) is 0. The SMILES string of the molecule is NC(c1cc(Br)ccc1I)c1c(F)cccc1F. The van der Waals surface area contributed by atoms with Gasteiger partial charge in [0.2, 0.25) is 0 Å². The van der Waals surface area contributed by atoms with Crippen molar-refractivity contribution in [3.05, 3.63) is 67.2 Å². The van der Waals surface area contributed by atoms with Crippen LogP contribution in [0.1, 0.15) is 17.2 Å². The van der Waals surface area contributed by atoms with E-state index < -0.39 is 17.7 Å². The summed E-state index contributed by atoms with van der Waals surface area (Å²) in [6.45, 7) is 0. The van der Waals surface area contributed by atoms with Gasteiger partial charge in [-0.3, -0.25) is 0 Å². The molecule has 2 aromatic rings. The van der Waals surface area contributed by atoms with Crippen LogP contribution in [0.4, 0.5) is 8.78 Å². The molecule has 0 fully saturated rings. The quantitative estimate of drug-likeness (QED) is 0.712. The predicted octanol–water partition coefficient (Wildman–Crippen LogP) is 4.38. The molecule has 2 rings (SSSR count). The minimum Gasteiger partial charge on any atom is -0.320 e. The standard InChI is InChI=1S/C13H9BrF2IN/c14-7-4-5-11(17)8(6-7)13(18)12-9(15)2-1-3-10(12)16/h1-6,13H,18H2. The molecule has 0 amide bonds. The Balaban J connectivity index is 2.54. The fourth-order valence-corrected chi connectivity index (χ4v) is 2.77. The molecule has 1 atom stereocenters. The molecule has 0 saturated carbocycles. The highest BCUT2D eigenvalue weighted by Gasteiger charge is 2.20. The summed E-state index contributed by atoms with van der Waals surface area (Å²) in [5, 5.41) is 0. The Kier molecular flexibility index (Phi) is 4.34. The lowest BCUT2D eigenvalue weighted by molar-refractivity contribution is 0.543. The molecule has 0 heterocycles. The zero-order valence-corrected chi connectivity index (χ0v) is 12.9. The minimum absolute atomic E-state index is 0.103. The lowest BCUT2D eigenvalue weighted by atomic mass is 9.99. The zero-order valence-electron chi connectivity index (χ0n) is 9.13. The van der Waals surface area contributed by atoms with Crippen molar-refractivity contribution >= 4 is 38.5 Å². The maximum atomic E-state index is 13.7.